The lowest BCUT2D eigenvalue weighted by atomic mass is 9.70. The summed E-state index contributed by atoms with van der Waals surface area (Å²) in [7, 11) is 0. The van der Waals surface area contributed by atoms with Gasteiger partial charge in [-0.3, -0.25) is 19.2 Å². The largest absolute Gasteiger partial charge is 0.455 e. The van der Waals surface area contributed by atoms with Crippen molar-refractivity contribution < 1.29 is 33.8 Å². The number of allylic oxidation sites excluding steroid dienone is 1. The van der Waals surface area contributed by atoms with Crippen molar-refractivity contribution in [2.75, 3.05) is 19.7 Å². The fourth-order valence-electron chi connectivity index (χ4n) is 7.61. The lowest BCUT2D eigenvalue weighted by molar-refractivity contribution is -0.161. The summed E-state index contributed by atoms with van der Waals surface area (Å²) in [4.78, 5) is 59.0. The molecular formula is C36H51N3O7. The van der Waals surface area contributed by atoms with Crippen LogP contribution in [0.15, 0.2) is 55.6 Å². The van der Waals surface area contributed by atoms with Crippen molar-refractivity contribution in [1.29, 1.82) is 0 Å². The summed E-state index contributed by atoms with van der Waals surface area (Å²) >= 11 is 0. The Balaban J connectivity index is 1.69. The maximum atomic E-state index is 14.6. The number of aliphatic hydroxyl groups is 1. The van der Waals surface area contributed by atoms with Crippen LogP contribution in [0.4, 0.5) is 0 Å². The topological polar surface area (TPSA) is 125 Å². The van der Waals surface area contributed by atoms with Gasteiger partial charge in [-0.1, -0.05) is 69.7 Å². The van der Waals surface area contributed by atoms with Gasteiger partial charge in [-0.05, 0) is 44.1 Å². The van der Waals surface area contributed by atoms with E-state index in [2.05, 4.69) is 25.4 Å². The number of nitrogens with zero attached hydrogens (tertiary/aromatic N) is 2. The molecule has 3 saturated heterocycles. The molecule has 0 saturated carbocycles. The molecule has 1 aromatic rings. The summed E-state index contributed by atoms with van der Waals surface area (Å²) in [5.74, 6) is -3.44. The minimum atomic E-state index is -1.22. The molecule has 1 unspecified atom stereocenters. The number of likely N-dealkylation sites (tertiary alicyclic amines) is 1. The van der Waals surface area contributed by atoms with Crippen molar-refractivity contribution >= 4 is 23.7 Å². The molecule has 252 valence electrons. The van der Waals surface area contributed by atoms with Gasteiger partial charge in [0.05, 0.1) is 37.1 Å². The third-order valence-electron chi connectivity index (χ3n) is 9.90. The molecular weight excluding hydrogens is 586 g/mol. The number of rotatable bonds is 17. The van der Waals surface area contributed by atoms with Gasteiger partial charge in [0.1, 0.15) is 17.7 Å². The fraction of sp³-hybridized carbons (Fsp3) is 0.611. The summed E-state index contributed by atoms with van der Waals surface area (Å²) in [6, 6.07) is 7.40. The fourth-order valence-corrected chi connectivity index (χ4v) is 7.61. The molecule has 3 heterocycles. The first kappa shape index (κ1) is 35.4. The lowest BCUT2D eigenvalue weighted by Crippen LogP contribution is -2.60. The first-order chi connectivity index (χ1) is 22.1. The van der Waals surface area contributed by atoms with Gasteiger partial charge in [0, 0.05) is 19.0 Å². The Labute approximate surface area is 273 Å². The molecule has 3 amide bonds. The zero-order chi connectivity index (χ0) is 33.6. The van der Waals surface area contributed by atoms with E-state index in [0.717, 1.165) is 12.8 Å². The first-order valence-electron chi connectivity index (χ1n) is 16.7. The van der Waals surface area contributed by atoms with Gasteiger partial charge in [0.15, 0.2) is 0 Å². The van der Waals surface area contributed by atoms with E-state index in [0.29, 0.717) is 31.4 Å². The average molecular weight is 638 g/mol. The maximum Gasteiger partial charge on any atom is 0.313 e. The summed E-state index contributed by atoms with van der Waals surface area (Å²) < 4.78 is 12.7. The van der Waals surface area contributed by atoms with Crippen LogP contribution >= 0.6 is 0 Å². The molecule has 46 heavy (non-hydrogen) atoms. The van der Waals surface area contributed by atoms with E-state index in [9.17, 15) is 24.3 Å². The number of ether oxygens (including phenoxy) is 2. The van der Waals surface area contributed by atoms with Crippen LogP contribution in [0.1, 0.15) is 77.9 Å². The van der Waals surface area contributed by atoms with Crippen LogP contribution in [0.25, 0.3) is 0 Å². The maximum absolute atomic E-state index is 14.6. The number of fused-ring (bicyclic) bond motifs is 1. The number of nitrogens with one attached hydrogen (secondary N) is 1. The minimum Gasteiger partial charge on any atom is -0.455 e. The number of esters is 1. The predicted molar refractivity (Wildman–Crippen MR) is 174 cm³/mol. The highest BCUT2D eigenvalue weighted by molar-refractivity contribution is 5.98. The molecule has 0 aromatic heterocycles. The van der Waals surface area contributed by atoms with Gasteiger partial charge in [0.25, 0.3) is 0 Å². The van der Waals surface area contributed by atoms with Crippen molar-refractivity contribution in [3.05, 3.63) is 61.2 Å². The second kappa shape index (κ2) is 15.4. The molecule has 10 nitrogen and oxygen atoms in total. The second-order valence-corrected chi connectivity index (χ2v) is 13.2. The number of aliphatic hydroxyl groups excluding tert-OH is 1. The van der Waals surface area contributed by atoms with Gasteiger partial charge in [-0.2, -0.15) is 0 Å². The van der Waals surface area contributed by atoms with E-state index < -0.39 is 47.7 Å². The molecule has 4 rings (SSSR count). The molecule has 2 bridgehead atoms. The highest BCUT2D eigenvalue weighted by Gasteiger charge is 2.76. The Hall–Kier alpha value is -3.50. The summed E-state index contributed by atoms with van der Waals surface area (Å²) in [5, 5.41) is 13.4. The van der Waals surface area contributed by atoms with Gasteiger partial charge >= 0.3 is 5.97 Å². The molecule has 3 aliphatic rings. The average Bonchev–Trinajstić information content (AvgIpc) is 3.68. The molecule has 0 aliphatic carbocycles. The molecule has 10 heteroatoms. The Morgan fingerprint density at radius 3 is 2.52 bits per heavy atom. The van der Waals surface area contributed by atoms with Crippen LogP contribution in [0.5, 0.6) is 0 Å². The number of benzene rings is 1. The SMILES string of the molecule is C=CCCC(=O)NC[C@@H](OC(=O)[C@@H]1[C@H]2C(=O)N([C@@H](CO)C(C)C)[C@H](C(=O)N(CC=C)C(C)CCC)[C@]23CC[C@H]1O3)c1ccccc1. The number of carbonyl (C=O) groups excluding carboxylic acids is 4. The smallest absolute Gasteiger partial charge is 0.313 e. The molecule has 3 fully saturated rings. The van der Waals surface area contributed by atoms with E-state index in [4.69, 9.17) is 9.47 Å². The number of amides is 3. The van der Waals surface area contributed by atoms with Crippen LogP contribution in [-0.2, 0) is 28.7 Å². The highest BCUT2D eigenvalue weighted by Crippen LogP contribution is 2.59. The third-order valence-corrected chi connectivity index (χ3v) is 9.90. The monoisotopic (exact) mass is 637 g/mol. The van der Waals surface area contributed by atoms with Crippen LogP contribution in [-0.4, -0.2) is 88.1 Å². The Bertz CT molecular complexity index is 1270. The van der Waals surface area contributed by atoms with Crippen molar-refractivity contribution in [1.82, 2.24) is 15.1 Å². The molecule has 3 aliphatic heterocycles. The lowest BCUT2D eigenvalue weighted by Gasteiger charge is -2.41. The van der Waals surface area contributed by atoms with E-state index in [1.54, 1.807) is 17.1 Å². The predicted octanol–water partition coefficient (Wildman–Crippen LogP) is 3.95. The van der Waals surface area contributed by atoms with E-state index in [1.165, 1.54) is 4.90 Å². The third kappa shape index (κ3) is 6.79. The zero-order valence-electron chi connectivity index (χ0n) is 27.7. The van der Waals surface area contributed by atoms with Gasteiger partial charge < -0.3 is 29.7 Å². The molecule has 2 N–H and O–H groups in total. The molecule has 0 radical (unpaired) electrons. The molecule has 8 atom stereocenters. The summed E-state index contributed by atoms with van der Waals surface area (Å²) in [6.07, 6.45) is 5.33. The number of carbonyl (C=O) groups is 4. The van der Waals surface area contributed by atoms with Crippen molar-refractivity contribution in [2.24, 2.45) is 17.8 Å². The normalized spacial score (nSPS) is 26.7. The van der Waals surface area contributed by atoms with Crippen molar-refractivity contribution in [3.8, 4) is 0 Å². The number of hydrogen-bond acceptors (Lipinski definition) is 7. The standard InChI is InChI=1S/C36H51N3O7/c1-7-10-17-29(41)37-21-28(25-15-12-11-13-16-25)45-35(44)30-27-18-19-36(46-27)31(30)33(42)39(26(22-40)23(4)5)32(36)34(43)38(20-9-3)24(6)14-8-2/h7,9,11-13,15-16,23-24,26-28,30-32,40H,1,3,8,10,14,17-22H2,2,4-6H3,(H,37,41)/t24?,26-,27+,28+,30-,31-,32+,36-/m0/s1. The Morgan fingerprint density at radius 1 is 1.20 bits per heavy atom. The van der Waals surface area contributed by atoms with Crippen LogP contribution in [0.2, 0.25) is 0 Å². The van der Waals surface area contributed by atoms with E-state index in [-0.39, 0.29) is 49.3 Å². The van der Waals surface area contributed by atoms with Gasteiger partial charge in [-0.25, -0.2) is 0 Å². The van der Waals surface area contributed by atoms with Crippen LogP contribution in [0, 0.1) is 17.8 Å². The summed E-state index contributed by atoms with van der Waals surface area (Å²) in [6.45, 7) is 15.4. The van der Waals surface area contributed by atoms with Crippen molar-refractivity contribution in [2.45, 2.75) is 102 Å². The Morgan fingerprint density at radius 2 is 1.91 bits per heavy atom. The Kier molecular flexibility index (Phi) is 11.8. The van der Waals surface area contributed by atoms with E-state index in [1.807, 2.05) is 51.1 Å². The number of hydrogen-bond donors (Lipinski definition) is 2. The minimum absolute atomic E-state index is 0.0622. The van der Waals surface area contributed by atoms with Crippen LogP contribution < -0.4 is 5.32 Å². The van der Waals surface area contributed by atoms with E-state index >= 15 is 0 Å². The van der Waals surface area contributed by atoms with Gasteiger partial charge in [0.2, 0.25) is 17.7 Å². The van der Waals surface area contributed by atoms with Crippen molar-refractivity contribution in [3.63, 3.8) is 0 Å². The van der Waals surface area contributed by atoms with Gasteiger partial charge in [-0.15, -0.1) is 13.2 Å². The zero-order valence-corrected chi connectivity index (χ0v) is 27.7. The quantitative estimate of drug-likeness (QED) is 0.196. The van der Waals surface area contributed by atoms with Crippen LogP contribution in [0.3, 0.4) is 0 Å². The molecule has 1 spiro atoms. The highest BCUT2D eigenvalue weighted by atomic mass is 16.6. The molecule has 1 aromatic carbocycles. The summed E-state index contributed by atoms with van der Waals surface area (Å²) in [5.41, 5.74) is -0.520. The first-order valence-corrected chi connectivity index (χ1v) is 16.7. The second-order valence-electron chi connectivity index (χ2n) is 13.2.